The Morgan fingerprint density at radius 1 is 0.700 bits per heavy atom. The van der Waals surface area contributed by atoms with Crippen LogP contribution in [0.5, 0.6) is 0 Å². The Morgan fingerprint density at radius 2 is 1.00 bits per heavy atom. The molecule has 0 amide bonds. The monoisotopic (exact) mass is 316 g/mol. The molecule has 0 saturated heterocycles. The Morgan fingerprint density at radius 3 is 1.20 bits per heavy atom. The third-order valence-electron chi connectivity index (χ3n) is 1.91. The first-order valence-corrected chi connectivity index (χ1v) is 4.69. The molecular formula is C8H10F6O6. The smallest absolute Gasteiger partial charge is 0.303 e. The number of hydrogen-bond acceptors (Lipinski definition) is 6. The van der Waals surface area contributed by atoms with Crippen molar-refractivity contribution in [2.24, 2.45) is 0 Å². The number of ether oxygens (including phenoxy) is 5. The average molecular weight is 316 g/mol. The summed E-state index contributed by atoms with van der Waals surface area (Å²) in [5.41, 5.74) is 0. The number of alkyl halides is 5. The van der Waals surface area contributed by atoms with E-state index in [0.717, 1.165) is 0 Å². The maximum absolute atomic E-state index is 13.0. The van der Waals surface area contributed by atoms with Gasteiger partial charge in [-0.25, -0.2) is 22.0 Å². The summed E-state index contributed by atoms with van der Waals surface area (Å²) in [7, 11) is 0. The molecule has 0 aromatic heterocycles. The highest BCUT2D eigenvalue weighted by molar-refractivity contribution is 5.77. The van der Waals surface area contributed by atoms with Gasteiger partial charge in [0, 0.05) is 0 Å². The molecule has 0 bridgehead atoms. The van der Waals surface area contributed by atoms with Crippen LogP contribution in [0.2, 0.25) is 0 Å². The molecule has 6 nitrogen and oxygen atoms in total. The van der Waals surface area contributed by atoms with Crippen LogP contribution in [-0.4, -0.2) is 52.1 Å². The second kappa shape index (κ2) is 9.07. The van der Waals surface area contributed by atoms with E-state index in [1.54, 1.807) is 0 Å². The second-order valence-electron chi connectivity index (χ2n) is 2.71. The Hall–Kier alpha value is -0.950. The average Bonchev–Trinajstić information content (AvgIpc) is 2.38. The van der Waals surface area contributed by atoms with Gasteiger partial charge in [0.15, 0.2) is 34.3 Å². The van der Waals surface area contributed by atoms with Crippen molar-refractivity contribution in [1.29, 1.82) is 0 Å². The minimum atomic E-state index is -3.87. The molecule has 20 heavy (non-hydrogen) atoms. The van der Waals surface area contributed by atoms with Gasteiger partial charge in [0.1, 0.15) is 0 Å². The van der Waals surface area contributed by atoms with Crippen LogP contribution in [-0.2, 0) is 28.5 Å². The first kappa shape index (κ1) is 19.1. The number of rotatable bonds is 12. The SMILES string of the molecule is O=C(F)C(OCF)(OCF)C(OCF)(OCF)OCF. The lowest BCUT2D eigenvalue weighted by atomic mass is 10.2. The van der Waals surface area contributed by atoms with Gasteiger partial charge >= 0.3 is 17.8 Å². The Balaban J connectivity index is 5.83. The van der Waals surface area contributed by atoms with Crippen LogP contribution in [0.15, 0.2) is 0 Å². The maximum Gasteiger partial charge on any atom is 0.369 e. The first-order chi connectivity index (χ1) is 9.50. The molecule has 0 spiro atoms. The molecular weight excluding hydrogens is 306 g/mol. The highest BCUT2D eigenvalue weighted by Gasteiger charge is 2.66. The van der Waals surface area contributed by atoms with Crippen LogP contribution in [0.25, 0.3) is 0 Å². The van der Waals surface area contributed by atoms with E-state index in [0.29, 0.717) is 0 Å². The lowest BCUT2D eigenvalue weighted by Gasteiger charge is -2.40. The van der Waals surface area contributed by atoms with Crippen molar-refractivity contribution >= 4 is 6.04 Å². The molecule has 0 saturated carbocycles. The topological polar surface area (TPSA) is 63.2 Å². The quantitative estimate of drug-likeness (QED) is 0.309. The fourth-order valence-corrected chi connectivity index (χ4v) is 1.23. The van der Waals surface area contributed by atoms with Crippen LogP contribution >= 0.6 is 0 Å². The summed E-state index contributed by atoms with van der Waals surface area (Å²) in [4.78, 5) is 10.9. The van der Waals surface area contributed by atoms with Gasteiger partial charge in [-0.05, 0) is 0 Å². The van der Waals surface area contributed by atoms with E-state index in [9.17, 15) is 31.1 Å². The molecule has 0 rings (SSSR count). The molecule has 120 valence electrons. The Bertz CT molecular complexity index is 270. The zero-order valence-electron chi connectivity index (χ0n) is 9.75. The third kappa shape index (κ3) is 3.79. The van der Waals surface area contributed by atoms with Crippen molar-refractivity contribution in [3.05, 3.63) is 0 Å². The van der Waals surface area contributed by atoms with Crippen molar-refractivity contribution in [3.8, 4) is 0 Å². The van der Waals surface area contributed by atoms with Crippen molar-refractivity contribution in [2.45, 2.75) is 11.8 Å². The molecule has 0 aromatic rings. The summed E-state index contributed by atoms with van der Waals surface area (Å²) in [6.45, 7) is -9.91. The van der Waals surface area contributed by atoms with E-state index in [1.165, 1.54) is 0 Å². The van der Waals surface area contributed by atoms with Gasteiger partial charge in [0.2, 0.25) is 0 Å². The van der Waals surface area contributed by atoms with Gasteiger partial charge in [0.05, 0.1) is 0 Å². The summed E-state index contributed by atoms with van der Waals surface area (Å²) in [6, 6.07) is -2.84. The zero-order valence-corrected chi connectivity index (χ0v) is 9.75. The predicted octanol–water partition coefficient (Wildman–Crippen LogP) is 1.55. The van der Waals surface area contributed by atoms with Crippen LogP contribution in [0, 0.1) is 0 Å². The zero-order chi connectivity index (χ0) is 15.6. The number of carbonyl (C=O) groups is 1. The maximum atomic E-state index is 13.0. The van der Waals surface area contributed by atoms with E-state index in [4.69, 9.17) is 0 Å². The summed E-state index contributed by atoms with van der Waals surface area (Å²) < 4.78 is 93.6. The van der Waals surface area contributed by atoms with Crippen molar-refractivity contribution in [1.82, 2.24) is 0 Å². The lowest BCUT2D eigenvalue weighted by molar-refractivity contribution is -0.502. The minimum absolute atomic E-state index is 1.96. The van der Waals surface area contributed by atoms with Crippen LogP contribution < -0.4 is 0 Å². The molecule has 0 fully saturated rings. The van der Waals surface area contributed by atoms with Crippen molar-refractivity contribution in [2.75, 3.05) is 34.3 Å². The Kier molecular flexibility index (Phi) is 8.64. The van der Waals surface area contributed by atoms with Gasteiger partial charge in [-0.3, -0.25) is 19.0 Å². The van der Waals surface area contributed by atoms with E-state index in [-0.39, 0.29) is 0 Å². The summed E-state index contributed by atoms with van der Waals surface area (Å²) in [5, 5.41) is 0. The predicted molar refractivity (Wildman–Crippen MR) is 46.9 cm³/mol. The number of carbonyl (C=O) groups excluding carboxylic acids is 1. The summed E-state index contributed by atoms with van der Waals surface area (Å²) in [6.07, 6.45) is 0. The van der Waals surface area contributed by atoms with Crippen LogP contribution in [0.4, 0.5) is 26.3 Å². The fourth-order valence-electron chi connectivity index (χ4n) is 1.23. The molecule has 0 unspecified atom stereocenters. The molecule has 0 aliphatic heterocycles. The fraction of sp³-hybridized carbons (Fsp3) is 0.875. The first-order valence-electron chi connectivity index (χ1n) is 4.69. The van der Waals surface area contributed by atoms with Gasteiger partial charge in [-0.1, -0.05) is 0 Å². The molecule has 0 radical (unpaired) electrons. The van der Waals surface area contributed by atoms with E-state index >= 15 is 0 Å². The van der Waals surface area contributed by atoms with E-state index in [1.807, 2.05) is 0 Å². The minimum Gasteiger partial charge on any atom is -0.303 e. The Labute approximate surface area is 108 Å². The highest BCUT2D eigenvalue weighted by Crippen LogP contribution is 2.36. The van der Waals surface area contributed by atoms with Gasteiger partial charge in [0.25, 0.3) is 0 Å². The molecule has 0 aromatic carbocycles. The molecule has 0 aliphatic rings. The van der Waals surface area contributed by atoms with Crippen molar-refractivity contribution < 1.29 is 54.8 Å². The number of hydrogen-bond donors (Lipinski definition) is 0. The molecule has 12 heteroatoms. The van der Waals surface area contributed by atoms with E-state index < -0.39 is 52.1 Å². The molecule has 0 heterocycles. The second-order valence-corrected chi connectivity index (χ2v) is 2.71. The standard InChI is InChI=1S/C8H10F6O6/c9-1-16-7(6(14)15,17-2-10)8(18-3-11,19-4-12)20-5-13/h1-5H2. The summed E-state index contributed by atoms with van der Waals surface area (Å²) in [5.74, 6) is -7.56. The highest BCUT2D eigenvalue weighted by atomic mass is 19.2. The summed E-state index contributed by atoms with van der Waals surface area (Å²) >= 11 is 0. The lowest BCUT2D eigenvalue weighted by Crippen LogP contribution is -2.65. The largest absolute Gasteiger partial charge is 0.369 e. The normalized spacial score (nSPS) is 12.7. The molecule has 0 aliphatic carbocycles. The molecule has 0 atom stereocenters. The van der Waals surface area contributed by atoms with Crippen molar-refractivity contribution in [3.63, 3.8) is 0 Å². The molecule has 0 N–H and O–H groups in total. The van der Waals surface area contributed by atoms with Crippen LogP contribution in [0.3, 0.4) is 0 Å². The van der Waals surface area contributed by atoms with Gasteiger partial charge in [-0.2, -0.15) is 4.39 Å². The van der Waals surface area contributed by atoms with E-state index in [2.05, 4.69) is 23.7 Å². The number of halogens is 6. The van der Waals surface area contributed by atoms with Gasteiger partial charge in [-0.15, -0.1) is 0 Å². The third-order valence-corrected chi connectivity index (χ3v) is 1.91. The van der Waals surface area contributed by atoms with Gasteiger partial charge < -0.3 is 9.47 Å². The van der Waals surface area contributed by atoms with Crippen LogP contribution in [0.1, 0.15) is 0 Å².